The van der Waals surface area contributed by atoms with Crippen LogP contribution in [0.1, 0.15) is 76.3 Å². The van der Waals surface area contributed by atoms with Crippen molar-refractivity contribution in [3.05, 3.63) is 118 Å². The Labute approximate surface area is 299 Å². The molecule has 7 rings (SSSR count). The van der Waals surface area contributed by atoms with E-state index in [1.807, 2.05) is 0 Å². The van der Waals surface area contributed by atoms with Crippen LogP contribution < -0.4 is 20.4 Å². The number of ketones is 2. The third-order valence-electron chi connectivity index (χ3n) is 9.68. The van der Waals surface area contributed by atoms with Crippen molar-refractivity contribution in [1.29, 1.82) is 0 Å². The normalized spacial score (nSPS) is 20.0. The largest absolute Gasteiger partial charge is 0.491 e. The molecule has 0 unspecified atom stereocenters. The van der Waals surface area contributed by atoms with Crippen molar-refractivity contribution in [3.63, 3.8) is 0 Å². The van der Waals surface area contributed by atoms with Crippen LogP contribution in [-0.4, -0.2) is 72.4 Å². The Balaban J connectivity index is 1.53. The van der Waals surface area contributed by atoms with Crippen molar-refractivity contribution in [2.75, 3.05) is 13.2 Å². The summed E-state index contributed by atoms with van der Waals surface area (Å²) in [5.74, 6) is -5.09. The molecule has 0 saturated carbocycles. The molecule has 264 valence electrons. The molecule has 4 aromatic carbocycles. The van der Waals surface area contributed by atoms with Gasteiger partial charge >= 0.3 is 26.2 Å². The van der Waals surface area contributed by atoms with Crippen LogP contribution in [0.2, 0.25) is 0 Å². The summed E-state index contributed by atoms with van der Waals surface area (Å²) in [6, 6.07) is 23.2. The lowest BCUT2D eigenvalue weighted by atomic mass is 9.67. The van der Waals surface area contributed by atoms with Gasteiger partial charge in [-0.05, 0) is 17.8 Å². The molecule has 1 aliphatic heterocycles. The van der Waals surface area contributed by atoms with Crippen molar-refractivity contribution in [3.8, 4) is 11.5 Å². The van der Waals surface area contributed by atoms with E-state index in [1.54, 1.807) is 79.7 Å². The number of rotatable bonds is 9. The first-order valence-corrected chi connectivity index (χ1v) is 16.8. The number of ether oxygens (including phenoxy) is 4. The summed E-state index contributed by atoms with van der Waals surface area (Å²) in [6.45, 7) is 4.25. The summed E-state index contributed by atoms with van der Waals surface area (Å²) in [5, 5.41) is 23.1. The zero-order valence-corrected chi connectivity index (χ0v) is 28.6. The molecule has 2 aliphatic carbocycles. The molecule has 3 aliphatic rings. The molecule has 1 saturated heterocycles. The molecule has 0 radical (unpaired) electrons. The van der Waals surface area contributed by atoms with Gasteiger partial charge in [0.05, 0.1) is 30.4 Å². The number of esters is 2. The highest BCUT2D eigenvalue weighted by atomic mass is 16.8. The summed E-state index contributed by atoms with van der Waals surface area (Å²) >= 11 is 0. The van der Waals surface area contributed by atoms with Gasteiger partial charge in [-0.25, -0.2) is 0 Å². The molecule has 0 aromatic heterocycles. The summed E-state index contributed by atoms with van der Waals surface area (Å²) < 4.78 is 37.1. The SMILES string of the molecule is CC(=O)Oc1c2c(c(OC(C)=O)c3c1C(=O)c1ccccc1C3=O)[C@@H](OB(O)c1ccccc1)C[C@](OB(O)c1ccccc1)(C1(C)OCCO1)C2. The Bertz CT molecular complexity index is 2070. The first kappa shape index (κ1) is 35.5. The van der Waals surface area contributed by atoms with Gasteiger partial charge < -0.3 is 38.3 Å². The van der Waals surface area contributed by atoms with E-state index in [4.69, 9.17) is 28.3 Å². The second-order valence-corrected chi connectivity index (χ2v) is 13.0. The number of fused-ring (bicyclic) bond motifs is 3. The Kier molecular flexibility index (Phi) is 9.46. The van der Waals surface area contributed by atoms with E-state index >= 15 is 0 Å². The molecule has 0 amide bonds. The molecule has 0 spiro atoms. The highest BCUT2D eigenvalue weighted by Crippen LogP contribution is 2.56. The minimum Gasteiger partial charge on any atom is -0.426 e. The van der Waals surface area contributed by atoms with Gasteiger partial charge in [-0.1, -0.05) is 84.9 Å². The van der Waals surface area contributed by atoms with Gasteiger partial charge in [0.25, 0.3) is 0 Å². The molecule has 14 heteroatoms. The van der Waals surface area contributed by atoms with Crippen LogP contribution in [0.5, 0.6) is 11.5 Å². The van der Waals surface area contributed by atoms with Gasteiger partial charge in [-0.3, -0.25) is 19.2 Å². The van der Waals surface area contributed by atoms with Gasteiger partial charge in [0.15, 0.2) is 17.4 Å². The molecule has 1 heterocycles. The zero-order valence-electron chi connectivity index (χ0n) is 28.6. The lowest BCUT2D eigenvalue weighted by molar-refractivity contribution is -0.261. The first-order valence-electron chi connectivity index (χ1n) is 16.8. The fourth-order valence-electron chi connectivity index (χ4n) is 7.32. The van der Waals surface area contributed by atoms with Crippen molar-refractivity contribution in [1.82, 2.24) is 0 Å². The second kappa shape index (κ2) is 13.9. The maximum absolute atomic E-state index is 14.4. The molecular formula is C38H34B2O12. The van der Waals surface area contributed by atoms with E-state index in [0.29, 0.717) is 10.9 Å². The van der Waals surface area contributed by atoms with Crippen LogP contribution in [0, 0.1) is 0 Å². The number of hydrogen-bond donors (Lipinski definition) is 2. The van der Waals surface area contributed by atoms with Gasteiger partial charge in [-0.15, -0.1) is 0 Å². The van der Waals surface area contributed by atoms with Gasteiger partial charge in [0, 0.05) is 48.9 Å². The summed E-state index contributed by atoms with van der Waals surface area (Å²) in [6.07, 6.45) is -1.80. The molecule has 2 atom stereocenters. The van der Waals surface area contributed by atoms with E-state index in [9.17, 15) is 29.2 Å². The third kappa shape index (κ3) is 6.17. The predicted octanol–water partition coefficient (Wildman–Crippen LogP) is 2.61. The first-order chi connectivity index (χ1) is 24.9. The summed E-state index contributed by atoms with van der Waals surface area (Å²) in [7, 11) is -3.13. The number of benzene rings is 4. The average molecular weight is 704 g/mol. The van der Waals surface area contributed by atoms with E-state index in [-0.39, 0.29) is 70.9 Å². The molecule has 4 aromatic rings. The predicted molar refractivity (Wildman–Crippen MR) is 187 cm³/mol. The van der Waals surface area contributed by atoms with Crippen molar-refractivity contribution in [2.45, 2.75) is 51.1 Å². The smallest absolute Gasteiger partial charge is 0.426 e. The quantitative estimate of drug-likeness (QED) is 0.131. The number of hydrogen-bond acceptors (Lipinski definition) is 12. The Hall–Kier alpha value is -4.95. The van der Waals surface area contributed by atoms with Crippen molar-refractivity contribution in [2.24, 2.45) is 0 Å². The average Bonchev–Trinajstić information content (AvgIpc) is 3.59. The van der Waals surface area contributed by atoms with Gasteiger partial charge in [-0.2, -0.15) is 0 Å². The fourth-order valence-corrected chi connectivity index (χ4v) is 7.32. The van der Waals surface area contributed by atoms with E-state index < -0.39 is 55.2 Å². The summed E-state index contributed by atoms with van der Waals surface area (Å²) in [5.41, 5.74) is -1.24. The fraction of sp³-hybridized carbons (Fsp3) is 0.263. The summed E-state index contributed by atoms with van der Waals surface area (Å²) in [4.78, 5) is 54.4. The van der Waals surface area contributed by atoms with E-state index in [2.05, 4.69) is 0 Å². The maximum Gasteiger partial charge on any atom is 0.491 e. The number of carbonyl (C=O) groups is 4. The van der Waals surface area contributed by atoms with Crippen LogP contribution in [-0.2, 0) is 34.8 Å². The number of carbonyl (C=O) groups excluding carboxylic acids is 4. The third-order valence-corrected chi connectivity index (χ3v) is 9.68. The van der Waals surface area contributed by atoms with Crippen molar-refractivity contribution < 1.29 is 57.5 Å². The molecule has 12 nitrogen and oxygen atoms in total. The zero-order chi connectivity index (χ0) is 36.8. The highest BCUT2D eigenvalue weighted by molar-refractivity contribution is 6.60. The molecular weight excluding hydrogens is 670 g/mol. The van der Waals surface area contributed by atoms with Gasteiger partial charge in [0.2, 0.25) is 0 Å². The minimum atomic E-state index is -1.69. The lowest BCUT2D eigenvalue weighted by Gasteiger charge is -2.50. The van der Waals surface area contributed by atoms with E-state index in [1.165, 1.54) is 12.1 Å². The highest BCUT2D eigenvalue weighted by Gasteiger charge is 2.60. The monoisotopic (exact) mass is 704 g/mol. The van der Waals surface area contributed by atoms with Crippen molar-refractivity contribution >= 4 is 48.7 Å². The standard InChI is InChI=1S/C38H34B2O12/c1-22(41)49-35-28-20-38(37(3)47-18-19-48-37,52-40(46)25-14-8-5-9-15-25)21-29(51-39(45)24-12-6-4-7-13-24)30(28)36(50-23(2)42)32-31(35)33(43)26-16-10-11-17-27(26)34(32)44/h4-17,29,45-46H,18-21H2,1-3H3/t29-,38-/m0/s1. The van der Waals surface area contributed by atoms with Crippen LogP contribution in [0.15, 0.2) is 84.9 Å². The molecule has 2 N–H and O–H groups in total. The van der Waals surface area contributed by atoms with Crippen LogP contribution >= 0.6 is 0 Å². The van der Waals surface area contributed by atoms with Gasteiger partial charge in [0.1, 0.15) is 17.1 Å². The maximum atomic E-state index is 14.4. The second-order valence-electron chi connectivity index (χ2n) is 13.0. The topological polar surface area (TPSA) is 164 Å². The van der Waals surface area contributed by atoms with Crippen LogP contribution in [0.25, 0.3) is 0 Å². The van der Waals surface area contributed by atoms with E-state index in [0.717, 1.165) is 13.8 Å². The minimum absolute atomic E-state index is 0.0571. The molecule has 52 heavy (non-hydrogen) atoms. The molecule has 1 fully saturated rings. The Morgan fingerprint density at radius 3 is 1.75 bits per heavy atom. The molecule has 0 bridgehead atoms. The Morgan fingerprint density at radius 1 is 0.731 bits per heavy atom. The van der Waals surface area contributed by atoms with Crippen LogP contribution in [0.4, 0.5) is 0 Å². The lowest BCUT2D eigenvalue weighted by Crippen LogP contribution is -2.62. The van der Waals surface area contributed by atoms with Crippen LogP contribution in [0.3, 0.4) is 0 Å². The Morgan fingerprint density at radius 2 is 1.21 bits per heavy atom.